The van der Waals surface area contributed by atoms with E-state index in [4.69, 9.17) is 27.7 Å². The summed E-state index contributed by atoms with van der Waals surface area (Å²) in [5.41, 5.74) is 2.40. The van der Waals surface area contributed by atoms with Crippen molar-refractivity contribution in [1.29, 1.82) is 0 Å². The highest BCUT2D eigenvalue weighted by Gasteiger charge is 2.10. The van der Waals surface area contributed by atoms with Gasteiger partial charge in [0.2, 0.25) is 5.89 Å². The van der Waals surface area contributed by atoms with Crippen LogP contribution in [0.1, 0.15) is 33.2 Å². The molecule has 1 aromatic heterocycles. The van der Waals surface area contributed by atoms with Crippen LogP contribution in [0.5, 0.6) is 0 Å². The number of nitrogens with zero attached hydrogens (tertiary/aromatic N) is 2. The Hall–Kier alpha value is -2.37. The minimum atomic E-state index is -0.366. The molecule has 0 radical (unpaired) electrons. The number of carbonyl (C=O) groups is 1. The third-order valence-electron chi connectivity index (χ3n) is 3.59. The summed E-state index contributed by atoms with van der Waals surface area (Å²) in [5, 5.41) is 4.98. The number of aromatic nitrogens is 2. The van der Waals surface area contributed by atoms with Crippen LogP contribution in [0.3, 0.4) is 0 Å². The number of methoxy groups -OCH3 is 1. The van der Waals surface area contributed by atoms with Crippen molar-refractivity contribution in [3.05, 3.63) is 80.9 Å². The van der Waals surface area contributed by atoms with Gasteiger partial charge in [0, 0.05) is 6.42 Å². The molecule has 0 saturated heterocycles. The largest absolute Gasteiger partial charge is 0.465 e. The van der Waals surface area contributed by atoms with Crippen LogP contribution in [0.15, 0.2) is 47.0 Å². The van der Waals surface area contributed by atoms with Gasteiger partial charge in [-0.25, -0.2) is 4.79 Å². The standard InChI is InChI=1S/C18H14Cl2N2O3/c1-24-18(23)13-5-2-11(3-6-13)9-16-21-17(25-22-16)10-12-4-7-14(19)15(20)8-12/h2-8H,9-10H2,1H3. The molecular formula is C18H14Cl2N2O3. The molecule has 0 atom stereocenters. The molecule has 25 heavy (non-hydrogen) atoms. The average molecular weight is 377 g/mol. The van der Waals surface area contributed by atoms with Crippen molar-refractivity contribution in [2.75, 3.05) is 7.11 Å². The number of esters is 1. The molecule has 7 heteroatoms. The first-order valence-electron chi connectivity index (χ1n) is 7.48. The fourth-order valence-electron chi connectivity index (χ4n) is 2.32. The SMILES string of the molecule is COC(=O)c1ccc(Cc2noc(Cc3ccc(Cl)c(Cl)c3)n2)cc1. The molecule has 0 N–H and O–H groups in total. The first kappa shape index (κ1) is 17.5. The highest BCUT2D eigenvalue weighted by molar-refractivity contribution is 6.42. The van der Waals surface area contributed by atoms with Crippen LogP contribution in [-0.4, -0.2) is 23.2 Å². The van der Waals surface area contributed by atoms with Crippen LogP contribution in [0, 0.1) is 0 Å². The van der Waals surface area contributed by atoms with E-state index in [9.17, 15) is 4.79 Å². The molecule has 0 saturated carbocycles. The minimum Gasteiger partial charge on any atom is -0.465 e. The van der Waals surface area contributed by atoms with Crippen LogP contribution < -0.4 is 0 Å². The fraction of sp³-hybridized carbons (Fsp3) is 0.167. The molecule has 128 valence electrons. The smallest absolute Gasteiger partial charge is 0.337 e. The zero-order valence-electron chi connectivity index (χ0n) is 13.3. The highest BCUT2D eigenvalue weighted by Crippen LogP contribution is 2.23. The van der Waals surface area contributed by atoms with Crippen molar-refractivity contribution in [2.24, 2.45) is 0 Å². The van der Waals surface area contributed by atoms with Gasteiger partial charge >= 0.3 is 5.97 Å². The van der Waals surface area contributed by atoms with Crippen LogP contribution in [0.4, 0.5) is 0 Å². The van der Waals surface area contributed by atoms with E-state index < -0.39 is 0 Å². The van der Waals surface area contributed by atoms with Crippen molar-refractivity contribution in [3.8, 4) is 0 Å². The quantitative estimate of drug-likeness (QED) is 0.619. The predicted molar refractivity (Wildman–Crippen MR) is 94.2 cm³/mol. The molecule has 0 aliphatic carbocycles. The zero-order chi connectivity index (χ0) is 17.8. The summed E-state index contributed by atoms with van der Waals surface area (Å²) in [6.45, 7) is 0. The lowest BCUT2D eigenvalue weighted by atomic mass is 10.1. The lowest BCUT2D eigenvalue weighted by Gasteiger charge is -2.01. The number of halogens is 2. The van der Waals surface area contributed by atoms with Gasteiger partial charge in [0.05, 0.1) is 29.1 Å². The van der Waals surface area contributed by atoms with E-state index in [1.165, 1.54) is 7.11 Å². The van der Waals surface area contributed by atoms with Crippen molar-refractivity contribution >= 4 is 29.2 Å². The van der Waals surface area contributed by atoms with Crippen molar-refractivity contribution in [2.45, 2.75) is 12.8 Å². The maximum atomic E-state index is 11.4. The van der Waals surface area contributed by atoms with Gasteiger partial charge in [-0.3, -0.25) is 0 Å². The van der Waals surface area contributed by atoms with Gasteiger partial charge < -0.3 is 9.26 Å². The minimum absolute atomic E-state index is 0.366. The van der Waals surface area contributed by atoms with Gasteiger partial charge in [-0.2, -0.15) is 4.98 Å². The number of benzene rings is 2. The summed E-state index contributed by atoms with van der Waals surface area (Å²) in [5.74, 6) is 0.704. The number of rotatable bonds is 5. The molecule has 5 nitrogen and oxygen atoms in total. The third kappa shape index (κ3) is 4.38. The van der Waals surface area contributed by atoms with Gasteiger partial charge in [-0.1, -0.05) is 46.6 Å². The normalized spacial score (nSPS) is 10.7. The van der Waals surface area contributed by atoms with Crippen LogP contribution in [-0.2, 0) is 17.6 Å². The Morgan fingerprint density at radius 1 is 1.04 bits per heavy atom. The molecule has 0 bridgehead atoms. The lowest BCUT2D eigenvalue weighted by Crippen LogP contribution is -2.01. The maximum Gasteiger partial charge on any atom is 0.337 e. The van der Waals surface area contributed by atoms with E-state index in [2.05, 4.69) is 14.9 Å². The van der Waals surface area contributed by atoms with Gasteiger partial charge in [0.25, 0.3) is 0 Å². The molecule has 0 aliphatic rings. The van der Waals surface area contributed by atoms with E-state index in [0.29, 0.717) is 40.2 Å². The van der Waals surface area contributed by atoms with Crippen molar-refractivity contribution in [3.63, 3.8) is 0 Å². The molecule has 3 aromatic rings. The summed E-state index contributed by atoms with van der Waals surface area (Å²) in [6.07, 6.45) is 0.984. The third-order valence-corrected chi connectivity index (χ3v) is 4.33. The molecule has 0 amide bonds. The summed E-state index contributed by atoms with van der Waals surface area (Å²) < 4.78 is 9.95. The van der Waals surface area contributed by atoms with Crippen LogP contribution >= 0.6 is 23.2 Å². The molecule has 1 heterocycles. The summed E-state index contributed by atoms with van der Waals surface area (Å²) in [6, 6.07) is 12.5. The lowest BCUT2D eigenvalue weighted by molar-refractivity contribution is 0.0600. The van der Waals surface area contributed by atoms with Gasteiger partial charge in [-0.05, 0) is 35.4 Å². The van der Waals surface area contributed by atoms with Gasteiger partial charge in [0.15, 0.2) is 5.82 Å². The average Bonchev–Trinajstić information content (AvgIpc) is 3.05. The summed E-state index contributed by atoms with van der Waals surface area (Å²) in [4.78, 5) is 15.8. The molecule has 3 rings (SSSR count). The number of hydrogen-bond acceptors (Lipinski definition) is 5. The first-order valence-corrected chi connectivity index (χ1v) is 8.23. The maximum absolute atomic E-state index is 11.4. The Morgan fingerprint density at radius 3 is 2.44 bits per heavy atom. The fourth-order valence-corrected chi connectivity index (χ4v) is 2.64. The van der Waals surface area contributed by atoms with Gasteiger partial charge in [-0.15, -0.1) is 0 Å². The van der Waals surface area contributed by atoms with Crippen LogP contribution in [0.25, 0.3) is 0 Å². The van der Waals surface area contributed by atoms with E-state index in [1.54, 1.807) is 24.3 Å². The predicted octanol–water partition coefficient (Wildman–Crippen LogP) is 4.34. The van der Waals surface area contributed by atoms with E-state index in [-0.39, 0.29) is 5.97 Å². The zero-order valence-corrected chi connectivity index (χ0v) is 14.8. The molecule has 0 spiro atoms. The van der Waals surface area contributed by atoms with Crippen molar-refractivity contribution in [1.82, 2.24) is 10.1 Å². The van der Waals surface area contributed by atoms with E-state index in [1.807, 2.05) is 18.2 Å². The topological polar surface area (TPSA) is 65.2 Å². The Kier molecular flexibility index (Phi) is 5.36. The van der Waals surface area contributed by atoms with E-state index >= 15 is 0 Å². The second kappa shape index (κ2) is 7.68. The van der Waals surface area contributed by atoms with Crippen LogP contribution in [0.2, 0.25) is 10.0 Å². The number of carbonyl (C=O) groups excluding carboxylic acids is 1. The van der Waals surface area contributed by atoms with E-state index in [0.717, 1.165) is 11.1 Å². The van der Waals surface area contributed by atoms with Gasteiger partial charge in [0.1, 0.15) is 0 Å². The monoisotopic (exact) mass is 376 g/mol. The first-order chi connectivity index (χ1) is 12.0. The Morgan fingerprint density at radius 2 is 1.76 bits per heavy atom. The molecular weight excluding hydrogens is 363 g/mol. The second-order valence-electron chi connectivity index (χ2n) is 5.39. The Bertz CT molecular complexity index is 892. The molecule has 2 aromatic carbocycles. The number of hydrogen-bond donors (Lipinski definition) is 0. The Labute approximate surface area is 154 Å². The van der Waals surface area contributed by atoms with Crippen molar-refractivity contribution < 1.29 is 14.1 Å². The molecule has 0 fully saturated rings. The molecule has 0 aliphatic heterocycles. The second-order valence-corrected chi connectivity index (χ2v) is 6.21. The molecule has 0 unspecified atom stereocenters. The number of ether oxygens (including phenoxy) is 1. The summed E-state index contributed by atoms with van der Waals surface area (Å²) >= 11 is 11.9. The Balaban J connectivity index is 1.67. The highest BCUT2D eigenvalue weighted by atomic mass is 35.5. The summed E-state index contributed by atoms with van der Waals surface area (Å²) in [7, 11) is 1.35.